The fourth-order valence-electron chi connectivity index (χ4n) is 1.72. The van der Waals surface area contributed by atoms with E-state index in [2.05, 4.69) is 9.97 Å². The van der Waals surface area contributed by atoms with Crippen molar-refractivity contribution in [3.05, 3.63) is 42.2 Å². The zero-order chi connectivity index (χ0) is 15.2. The first-order valence-electron chi connectivity index (χ1n) is 6.09. The van der Waals surface area contributed by atoms with Crippen LogP contribution in [0.5, 0.6) is 11.5 Å². The van der Waals surface area contributed by atoms with Crippen molar-refractivity contribution in [1.82, 2.24) is 9.97 Å². The maximum absolute atomic E-state index is 10.4. The van der Waals surface area contributed by atoms with Crippen molar-refractivity contribution in [1.29, 1.82) is 0 Å². The van der Waals surface area contributed by atoms with Crippen molar-refractivity contribution in [2.24, 2.45) is 0 Å². The van der Waals surface area contributed by atoms with Gasteiger partial charge in [-0.15, -0.1) is 0 Å². The number of carboxylic acid groups (broad SMARTS) is 1. The Bertz CT molecular complexity index is 666. The lowest BCUT2D eigenvalue weighted by Crippen LogP contribution is -1.93. The molecule has 0 fully saturated rings. The van der Waals surface area contributed by atoms with Crippen LogP contribution in [0.2, 0.25) is 0 Å². The Morgan fingerprint density at radius 1 is 1.14 bits per heavy atom. The van der Waals surface area contributed by atoms with Crippen LogP contribution in [0.15, 0.2) is 36.7 Å². The average Bonchev–Trinajstić information content (AvgIpc) is 2.52. The number of nitrogens with zero attached hydrogens (tertiary/aromatic N) is 2. The molecule has 0 aliphatic heterocycles. The van der Waals surface area contributed by atoms with Gasteiger partial charge < -0.3 is 14.6 Å². The van der Waals surface area contributed by atoms with E-state index in [1.807, 2.05) is 6.07 Å². The van der Waals surface area contributed by atoms with Crippen LogP contribution < -0.4 is 9.47 Å². The van der Waals surface area contributed by atoms with Crippen molar-refractivity contribution in [3.63, 3.8) is 0 Å². The number of carbonyl (C=O) groups is 1. The molecule has 0 bridgehead atoms. The highest BCUT2D eigenvalue weighted by Gasteiger charge is 2.07. The van der Waals surface area contributed by atoms with Crippen molar-refractivity contribution in [2.75, 3.05) is 14.2 Å². The van der Waals surface area contributed by atoms with E-state index in [0.29, 0.717) is 22.9 Å². The molecule has 0 unspecified atom stereocenters. The molecule has 0 radical (unpaired) electrons. The normalized spacial score (nSPS) is 10.6. The first-order chi connectivity index (χ1) is 10.1. The Kier molecular flexibility index (Phi) is 4.50. The quantitative estimate of drug-likeness (QED) is 0.849. The number of aromatic nitrogens is 2. The summed E-state index contributed by atoms with van der Waals surface area (Å²) in [5, 5.41) is 8.56. The van der Waals surface area contributed by atoms with Gasteiger partial charge in [0.1, 0.15) is 0 Å². The molecular formula is C15H14N2O4. The van der Waals surface area contributed by atoms with Gasteiger partial charge in [0.2, 0.25) is 0 Å². The zero-order valence-electron chi connectivity index (χ0n) is 11.6. The molecule has 21 heavy (non-hydrogen) atoms. The Morgan fingerprint density at radius 3 is 2.38 bits per heavy atom. The van der Waals surface area contributed by atoms with Crippen LogP contribution in [-0.2, 0) is 4.79 Å². The number of benzene rings is 1. The molecule has 0 amide bonds. The summed E-state index contributed by atoms with van der Waals surface area (Å²) >= 11 is 0. The summed E-state index contributed by atoms with van der Waals surface area (Å²) in [6, 6.07) is 5.38. The van der Waals surface area contributed by atoms with Crippen LogP contribution >= 0.6 is 0 Å². The highest BCUT2D eigenvalue weighted by molar-refractivity contribution is 5.85. The third-order valence-electron chi connectivity index (χ3n) is 2.73. The smallest absolute Gasteiger partial charge is 0.328 e. The first-order valence-corrected chi connectivity index (χ1v) is 6.09. The third-order valence-corrected chi connectivity index (χ3v) is 2.73. The molecule has 0 aliphatic carbocycles. The summed E-state index contributed by atoms with van der Waals surface area (Å²) < 4.78 is 10.4. The number of ether oxygens (including phenoxy) is 2. The van der Waals surface area contributed by atoms with Gasteiger partial charge in [-0.1, -0.05) is 0 Å². The highest BCUT2D eigenvalue weighted by atomic mass is 16.5. The van der Waals surface area contributed by atoms with Gasteiger partial charge in [0.05, 0.1) is 14.2 Å². The fraction of sp³-hybridized carbons (Fsp3) is 0.133. The molecule has 0 saturated carbocycles. The van der Waals surface area contributed by atoms with Gasteiger partial charge in [-0.05, 0) is 24.3 Å². The first kappa shape index (κ1) is 14.5. The molecule has 1 aromatic carbocycles. The van der Waals surface area contributed by atoms with Crippen LogP contribution in [0.25, 0.3) is 17.5 Å². The third kappa shape index (κ3) is 3.56. The van der Waals surface area contributed by atoms with Gasteiger partial charge in [-0.3, -0.25) is 0 Å². The van der Waals surface area contributed by atoms with Crippen LogP contribution in [0.1, 0.15) is 5.56 Å². The molecule has 2 aromatic rings. The molecule has 6 nitrogen and oxygen atoms in total. The van der Waals surface area contributed by atoms with Crippen molar-refractivity contribution >= 4 is 12.0 Å². The van der Waals surface area contributed by atoms with E-state index in [1.54, 1.807) is 38.7 Å². The van der Waals surface area contributed by atoms with Gasteiger partial charge in [0.25, 0.3) is 0 Å². The average molecular weight is 286 g/mol. The Hall–Kier alpha value is -2.89. The lowest BCUT2D eigenvalue weighted by Gasteiger charge is -2.08. The minimum absolute atomic E-state index is 0.517. The largest absolute Gasteiger partial charge is 0.493 e. The molecule has 6 heteroatoms. The molecule has 0 atom stereocenters. The van der Waals surface area contributed by atoms with E-state index in [-0.39, 0.29) is 0 Å². The summed E-state index contributed by atoms with van der Waals surface area (Å²) in [7, 11) is 3.12. The minimum Gasteiger partial charge on any atom is -0.493 e. The van der Waals surface area contributed by atoms with Crippen molar-refractivity contribution in [2.45, 2.75) is 0 Å². The second-order valence-corrected chi connectivity index (χ2v) is 4.08. The second kappa shape index (κ2) is 6.51. The lowest BCUT2D eigenvalue weighted by molar-refractivity contribution is -0.131. The molecule has 0 saturated heterocycles. The summed E-state index contributed by atoms with van der Waals surface area (Å²) in [6.07, 6.45) is 5.58. The fourth-order valence-corrected chi connectivity index (χ4v) is 1.72. The molecular weight excluding hydrogens is 272 g/mol. The van der Waals surface area contributed by atoms with Crippen LogP contribution in [0, 0.1) is 0 Å². The Morgan fingerprint density at radius 2 is 1.81 bits per heavy atom. The topological polar surface area (TPSA) is 81.5 Å². The summed E-state index contributed by atoms with van der Waals surface area (Å²) in [5.41, 5.74) is 1.39. The van der Waals surface area contributed by atoms with Gasteiger partial charge >= 0.3 is 5.97 Å². The van der Waals surface area contributed by atoms with Gasteiger partial charge in [0, 0.05) is 29.6 Å². The predicted molar refractivity (Wildman–Crippen MR) is 77.2 cm³/mol. The molecule has 108 valence electrons. The van der Waals surface area contributed by atoms with E-state index in [0.717, 1.165) is 11.6 Å². The minimum atomic E-state index is -1.01. The molecule has 2 rings (SSSR count). The van der Waals surface area contributed by atoms with Crippen molar-refractivity contribution in [3.8, 4) is 22.9 Å². The summed E-state index contributed by atoms with van der Waals surface area (Å²) in [6.45, 7) is 0. The van der Waals surface area contributed by atoms with Crippen LogP contribution in [-0.4, -0.2) is 35.3 Å². The Balaban J connectivity index is 2.28. The molecule has 1 N–H and O–H groups in total. The molecule has 0 spiro atoms. The van der Waals surface area contributed by atoms with E-state index >= 15 is 0 Å². The predicted octanol–water partition coefficient (Wildman–Crippen LogP) is 2.26. The number of hydrogen-bond donors (Lipinski definition) is 1. The molecule has 1 heterocycles. The van der Waals surface area contributed by atoms with E-state index in [4.69, 9.17) is 14.6 Å². The number of aliphatic carboxylic acids is 1. The molecule has 1 aromatic heterocycles. The highest BCUT2D eigenvalue weighted by Crippen LogP contribution is 2.30. The van der Waals surface area contributed by atoms with Gasteiger partial charge in [-0.25, -0.2) is 14.8 Å². The summed E-state index contributed by atoms with van der Waals surface area (Å²) in [4.78, 5) is 18.9. The maximum Gasteiger partial charge on any atom is 0.328 e. The summed E-state index contributed by atoms with van der Waals surface area (Å²) in [5.74, 6) is 0.720. The lowest BCUT2D eigenvalue weighted by atomic mass is 10.2. The maximum atomic E-state index is 10.4. The van der Waals surface area contributed by atoms with Gasteiger partial charge in [-0.2, -0.15) is 0 Å². The van der Waals surface area contributed by atoms with E-state index in [9.17, 15) is 4.79 Å². The van der Waals surface area contributed by atoms with Crippen LogP contribution in [0.4, 0.5) is 0 Å². The SMILES string of the molecule is COc1ccc(-c2ncc(/C=C/C(=O)O)cn2)cc1OC. The van der Waals surface area contributed by atoms with E-state index < -0.39 is 5.97 Å². The standard InChI is InChI=1S/C15H14N2O4/c1-20-12-5-4-11(7-13(12)21-2)15-16-8-10(9-17-15)3-6-14(18)19/h3-9H,1-2H3,(H,18,19)/b6-3+. The van der Waals surface area contributed by atoms with Crippen LogP contribution in [0.3, 0.4) is 0 Å². The van der Waals surface area contributed by atoms with Crippen molar-refractivity contribution < 1.29 is 19.4 Å². The second-order valence-electron chi connectivity index (χ2n) is 4.08. The number of methoxy groups -OCH3 is 2. The monoisotopic (exact) mass is 286 g/mol. The Labute approximate surface area is 121 Å². The van der Waals surface area contributed by atoms with E-state index in [1.165, 1.54) is 6.08 Å². The number of rotatable bonds is 5. The zero-order valence-corrected chi connectivity index (χ0v) is 11.6. The van der Waals surface area contributed by atoms with Gasteiger partial charge in [0.15, 0.2) is 17.3 Å². The number of carboxylic acids is 1. The molecule has 0 aliphatic rings. The number of hydrogen-bond acceptors (Lipinski definition) is 5.